The molecular weight excluding hydrogens is 410 g/mol. The van der Waals surface area contributed by atoms with Crippen LogP contribution in [0.25, 0.3) is 0 Å². The highest BCUT2D eigenvalue weighted by molar-refractivity contribution is 7.10. The molecular formula is C23H33N5O2S. The van der Waals surface area contributed by atoms with Crippen molar-refractivity contribution < 1.29 is 9.59 Å². The number of nitrogens with zero attached hydrogens (tertiary/aromatic N) is 3. The first-order valence-corrected chi connectivity index (χ1v) is 11.9. The zero-order chi connectivity index (χ0) is 22.2. The van der Waals surface area contributed by atoms with Gasteiger partial charge in [0.15, 0.2) is 0 Å². The van der Waals surface area contributed by atoms with Crippen molar-refractivity contribution in [2.24, 2.45) is 0 Å². The fourth-order valence-corrected chi connectivity index (χ4v) is 4.86. The topological polar surface area (TPSA) is 77.6 Å². The molecule has 1 aliphatic rings. The van der Waals surface area contributed by atoms with Gasteiger partial charge in [-0.25, -0.2) is 4.79 Å². The molecule has 168 valence electrons. The average Bonchev–Trinajstić information content (AvgIpc) is 3.22. The van der Waals surface area contributed by atoms with Crippen molar-refractivity contribution in [3.63, 3.8) is 0 Å². The predicted molar refractivity (Wildman–Crippen MR) is 126 cm³/mol. The van der Waals surface area contributed by atoms with Crippen molar-refractivity contribution in [3.05, 3.63) is 45.9 Å². The summed E-state index contributed by atoms with van der Waals surface area (Å²) < 4.78 is 0. The fraction of sp³-hybridized carbons (Fsp3) is 0.522. The number of pyridine rings is 1. The van der Waals surface area contributed by atoms with E-state index in [1.54, 1.807) is 11.3 Å². The summed E-state index contributed by atoms with van der Waals surface area (Å²) in [6.45, 7) is 9.93. The molecule has 7 nitrogen and oxygen atoms in total. The summed E-state index contributed by atoms with van der Waals surface area (Å²) in [5.74, 6) is 0.225. The summed E-state index contributed by atoms with van der Waals surface area (Å²) in [6, 6.07) is 7.85. The number of likely N-dealkylation sites (N-methyl/N-ethyl adjacent to an activating group) is 1. The van der Waals surface area contributed by atoms with Crippen molar-refractivity contribution >= 4 is 29.0 Å². The number of piperidine rings is 1. The van der Waals surface area contributed by atoms with E-state index < -0.39 is 0 Å². The number of aryl methyl sites for hydroxylation is 2. The molecule has 31 heavy (non-hydrogen) atoms. The predicted octanol–water partition coefficient (Wildman–Crippen LogP) is 3.44. The summed E-state index contributed by atoms with van der Waals surface area (Å²) in [5.41, 5.74) is 2.52. The summed E-state index contributed by atoms with van der Waals surface area (Å²) in [6.07, 6.45) is 2.46. The van der Waals surface area contributed by atoms with E-state index in [-0.39, 0.29) is 11.9 Å². The van der Waals surface area contributed by atoms with E-state index in [4.69, 9.17) is 0 Å². The Labute approximate surface area is 188 Å². The van der Waals surface area contributed by atoms with Crippen molar-refractivity contribution in [2.45, 2.75) is 46.1 Å². The third-order valence-electron chi connectivity index (χ3n) is 5.62. The molecule has 2 N–H and O–H groups in total. The van der Waals surface area contributed by atoms with Crippen LogP contribution < -0.4 is 10.6 Å². The molecule has 3 rings (SSSR count). The minimum atomic E-state index is -0.198. The number of rotatable bonds is 8. The highest BCUT2D eigenvalue weighted by Crippen LogP contribution is 2.19. The van der Waals surface area contributed by atoms with E-state index in [2.05, 4.69) is 27.4 Å². The molecule has 0 radical (unpaired) electrons. The van der Waals surface area contributed by atoms with Gasteiger partial charge >= 0.3 is 6.03 Å². The van der Waals surface area contributed by atoms with Gasteiger partial charge in [-0.3, -0.25) is 9.78 Å². The Hall–Kier alpha value is -2.45. The summed E-state index contributed by atoms with van der Waals surface area (Å²) >= 11 is 1.64. The molecule has 0 aromatic carbocycles. The minimum absolute atomic E-state index is 0.198. The normalized spacial score (nSPS) is 14.9. The fourth-order valence-electron chi connectivity index (χ4n) is 4.17. The lowest BCUT2D eigenvalue weighted by Gasteiger charge is -2.38. The van der Waals surface area contributed by atoms with Crippen molar-refractivity contribution in [2.75, 3.05) is 38.0 Å². The van der Waals surface area contributed by atoms with E-state index in [1.165, 1.54) is 0 Å². The number of carbonyl (C=O) groups is 2. The lowest BCUT2D eigenvalue weighted by molar-refractivity contribution is -0.133. The number of nitrogens with one attached hydrogen (secondary N) is 2. The maximum absolute atomic E-state index is 12.7. The highest BCUT2D eigenvalue weighted by Gasteiger charge is 2.26. The molecule has 0 saturated carbocycles. The second-order valence-electron chi connectivity index (χ2n) is 8.03. The molecule has 1 saturated heterocycles. The number of urea groups is 1. The molecule has 0 bridgehead atoms. The molecule has 1 fully saturated rings. The third kappa shape index (κ3) is 7.04. The Morgan fingerprint density at radius 1 is 1.23 bits per heavy atom. The third-order valence-corrected chi connectivity index (χ3v) is 6.49. The zero-order valence-electron chi connectivity index (χ0n) is 18.7. The number of anilines is 1. The molecule has 0 aliphatic carbocycles. The monoisotopic (exact) mass is 443 g/mol. The number of thiophene rings is 1. The number of carbonyl (C=O) groups excluding carboxylic acids is 2. The highest BCUT2D eigenvalue weighted by atomic mass is 32.1. The van der Waals surface area contributed by atoms with Crippen LogP contribution in [0.2, 0.25) is 0 Å². The maximum atomic E-state index is 12.7. The van der Waals surface area contributed by atoms with Crippen molar-refractivity contribution in [3.8, 4) is 0 Å². The Bertz CT molecular complexity index is 843. The molecule has 2 aromatic heterocycles. The van der Waals surface area contributed by atoms with Crippen LogP contribution in [-0.4, -0.2) is 65.5 Å². The maximum Gasteiger partial charge on any atom is 0.319 e. The van der Waals surface area contributed by atoms with Crippen molar-refractivity contribution in [1.29, 1.82) is 0 Å². The Kier molecular flexibility index (Phi) is 8.43. The molecule has 3 amide bonds. The van der Waals surface area contributed by atoms with Gasteiger partial charge in [0.2, 0.25) is 5.91 Å². The van der Waals surface area contributed by atoms with Gasteiger partial charge in [-0.15, -0.1) is 11.3 Å². The number of likely N-dealkylation sites (tertiary alicyclic amines) is 1. The molecule has 0 unspecified atom stereocenters. The van der Waals surface area contributed by atoms with Gasteiger partial charge in [0.1, 0.15) is 0 Å². The van der Waals surface area contributed by atoms with Crippen LogP contribution >= 0.6 is 11.3 Å². The van der Waals surface area contributed by atoms with Crippen LogP contribution in [-0.2, 0) is 11.2 Å². The number of hydrogen-bond acceptors (Lipinski definition) is 5. The minimum Gasteiger partial charge on any atom is -0.340 e. The molecule has 8 heteroatoms. The van der Waals surface area contributed by atoms with Gasteiger partial charge in [0, 0.05) is 60.7 Å². The van der Waals surface area contributed by atoms with E-state index in [0.717, 1.165) is 61.0 Å². The quantitative estimate of drug-likeness (QED) is 0.655. The summed E-state index contributed by atoms with van der Waals surface area (Å²) in [4.78, 5) is 34.7. The van der Waals surface area contributed by atoms with E-state index in [0.29, 0.717) is 19.0 Å². The van der Waals surface area contributed by atoms with Crippen molar-refractivity contribution in [1.82, 2.24) is 20.1 Å². The second-order valence-corrected chi connectivity index (χ2v) is 9.06. The summed E-state index contributed by atoms with van der Waals surface area (Å²) in [5, 5.41) is 7.82. The van der Waals surface area contributed by atoms with Crippen LogP contribution in [0.15, 0.2) is 29.6 Å². The lowest BCUT2D eigenvalue weighted by atomic mass is 10.0. The van der Waals surface area contributed by atoms with E-state index in [1.807, 2.05) is 48.4 Å². The van der Waals surface area contributed by atoms with E-state index in [9.17, 15) is 9.59 Å². The van der Waals surface area contributed by atoms with Crippen LogP contribution in [0.1, 0.15) is 36.0 Å². The summed E-state index contributed by atoms with van der Waals surface area (Å²) in [7, 11) is 0. The first-order chi connectivity index (χ1) is 14.9. The molecule has 3 heterocycles. The number of amides is 3. The Morgan fingerprint density at radius 2 is 1.94 bits per heavy atom. The van der Waals surface area contributed by atoms with Gasteiger partial charge in [0.05, 0.1) is 6.42 Å². The average molecular weight is 444 g/mol. The zero-order valence-corrected chi connectivity index (χ0v) is 19.5. The Morgan fingerprint density at radius 3 is 2.55 bits per heavy atom. The largest absolute Gasteiger partial charge is 0.340 e. The van der Waals surface area contributed by atoms with Gasteiger partial charge in [-0.05, 0) is 57.2 Å². The standard InChI is InChI=1S/C23H33N5O2S/c1-4-28(22(29)16-21-6-5-13-31-21)20-7-10-27(11-8-20)12-9-24-23(30)26-19-14-17(2)25-18(3)15-19/h5-6,13-15,20H,4,7-12,16H2,1-3H3,(H2,24,25,26,30). The molecule has 0 spiro atoms. The molecule has 1 aliphatic heterocycles. The lowest BCUT2D eigenvalue weighted by Crippen LogP contribution is -2.49. The first-order valence-electron chi connectivity index (χ1n) is 11.0. The van der Waals surface area contributed by atoms with Gasteiger partial charge in [0.25, 0.3) is 0 Å². The van der Waals surface area contributed by atoms with Crippen LogP contribution in [0, 0.1) is 13.8 Å². The molecule has 0 atom stereocenters. The number of hydrogen-bond donors (Lipinski definition) is 2. The number of aromatic nitrogens is 1. The van der Waals surface area contributed by atoms with Gasteiger partial charge in [-0.2, -0.15) is 0 Å². The second kappa shape index (κ2) is 11.2. The van der Waals surface area contributed by atoms with Gasteiger partial charge in [-0.1, -0.05) is 6.07 Å². The van der Waals surface area contributed by atoms with Crippen LogP contribution in [0.4, 0.5) is 10.5 Å². The van der Waals surface area contributed by atoms with E-state index >= 15 is 0 Å². The Balaban J connectivity index is 1.37. The van der Waals surface area contributed by atoms with Gasteiger partial charge < -0.3 is 20.4 Å². The van der Waals surface area contributed by atoms with Crippen LogP contribution in [0.5, 0.6) is 0 Å². The first kappa shape index (κ1) is 23.2. The molecule has 2 aromatic rings. The van der Waals surface area contributed by atoms with Crippen LogP contribution in [0.3, 0.4) is 0 Å². The SMILES string of the molecule is CCN(C(=O)Cc1cccs1)C1CCN(CCNC(=O)Nc2cc(C)nc(C)c2)CC1. The smallest absolute Gasteiger partial charge is 0.319 e.